The van der Waals surface area contributed by atoms with Crippen molar-refractivity contribution in [1.29, 1.82) is 0 Å². The van der Waals surface area contributed by atoms with Gasteiger partial charge in [0.15, 0.2) is 0 Å². The first kappa shape index (κ1) is 15.6. The van der Waals surface area contributed by atoms with Gasteiger partial charge in [0, 0.05) is 10.7 Å². The first-order valence-electron chi connectivity index (χ1n) is 7.41. The van der Waals surface area contributed by atoms with E-state index in [0.29, 0.717) is 17.5 Å². The Morgan fingerprint density at radius 2 is 2.20 bits per heavy atom. The van der Waals surface area contributed by atoms with Crippen molar-refractivity contribution in [3.8, 4) is 11.7 Å². The molecule has 0 N–H and O–H groups in total. The zero-order valence-electron chi connectivity index (χ0n) is 13.1. The Bertz CT molecular complexity index is 900. The minimum atomic E-state index is -0.546. The molecule has 0 saturated heterocycles. The predicted octanol–water partition coefficient (Wildman–Crippen LogP) is 1.71. The molecule has 25 heavy (non-hydrogen) atoms. The van der Waals surface area contributed by atoms with Crippen LogP contribution in [0.3, 0.4) is 0 Å². The van der Waals surface area contributed by atoms with Crippen LogP contribution in [-0.2, 0) is 6.54 Å². The van der Waals surface area contributed by atoms with Crippen molar-refractivity contribution in [3.63, 3.8) is 0 Å². The van der Waals surface area contributed by atoms with Gasteiger partial charge in [-0.05, 0) is 34.4 Å². The number of hydrogen-bond acceptors (Lipinski definition) is 8. The maximum atomic E-state index is 10.8. The summed E-state index contributed by atoms with van der Waals surface area (Å²) in [4.78, 5) is 14.1. The Balaban J connectivity index is 1.47. The Morgan fingerprint density at radius 3 is 2.92 bits per heavy atom. The van der Waals surface area contributed by atoms with Crippen molar-refractivity contribution in [2.45, 2.75) is 24.2 Å². The fourth-order valence-electron chi connectivity index (χ4n) is 2.57. The molecule has 1 aliphatic rings. The minimum absolute atomic E-state index is 0.210. The molecule has 0 bridgehead atoms. The van der Waals surface area contributed by atoms with Crippen LogP contribution in [-0.4, -0.2) is 46.0 Å². The zero-order chi connectivity index (χ0) is 17.4. The van der Waals surface area contributed by atoms with Crippen molar-refractivity contribution in [2.75, 3.05) is 5.75 Å². The van der Waals surface area contributed by atoms with E-state index in [1.165, 1.54) is 18.0 Å². The molecule has 0 amide bonds. The third kappa shape index (κ3) is 2.93. The molecule has 11 heteroatoms. The predicted molar refractivity (Wildman–Crippen MR) is 87.8 cm³/mol. The average Bonchev–Trinajstić information content (AvgIpc) is 3.27. The molecule has 1 atom stereocenters. The number of para-hydroxylation sites is 1. The van der Waals surface area contributed by atoms with Crippen molar-refractivity contribution < 1.29 is 9.66 Å². The van der Waals surface area contributed by atoms with Gasteiger partial charge in [0.05, 0.1) is 12.2 Å². The van der Waals surface area contributed by atoms with E-state index < -0.39 is 10.5 Å². The molecule has 10 nitrogen and oxygen atoms in total. The van der Waals surface area contributed by atoms with Crippen LogP contribution in [0.5, 0.6) is 6.01 Å². The summed E-state index contributed by atoms with van der Waals surface area (Å²) in [7, 11) is 0. The van der Waals surface area contributed by atoms with Gasteiger partial charge in [0.2, 0.25) is 5.16 Å². The number of rotatable bonds is 5. The van der Waals surface area contributed by atoms with E-state index in [2.05, 4.69) is 20.5 Å². The van der Waals surface area contributed by atoms with Gasteiger partial charge < -0.3 is 14.9 Å². The lowest BCUT2D eigenvalue weighted by Crippen LogP contribution is -2.34. The summed E-state index contributed by atoms with van der Waals surface area (Å²) in [5.41, 5.74) is 0.325. The highest BCUT2D eigenvalue weighted by molar-refractivity contribution is 7.99. The molecule has 0 fully saturated rings. The summed E-state index contributed by atoms with van der Waals surface area (Å²) < 4.78 is 9.13. The molecule has 128 valence electrons. The van der Waals surface area contributed by atoms with Crippen LogP contribution in [0.1, 0.15) is 6.92 Å². The second-order valence-corrected chi connectivity index (χ2v) is 6.76. The van der Waals surface area contributed by atoms with Crippen molar-refractivity contribution in [2.24, 2.45) is 0 Å². The third-order valence-corrected chi connectivity index (χ3v) is 4.97. The molecule has 0 radical (unpaired) electrons. The number of thioether (sulfide) groups is 1. The van der Waals surface area contributed by atoms with Crippen molar-refractivity contribution >= 4 is 17.6 Å². The summed E-state index contributed by atoms with van der Waals surface area (Å²) in [5.74, 6) is 0.356. The first-order valence-corrected chi connectivity index (χ1v) is 8.40. The number of imidazole rings is 1. The Labute approximate surface area is 146 Å². The first-order chi connectivity index (χ1) is 12.0. The quantitative estimate of drug-likeness (QED) is 0.384. The van der Waals surface area contributed by atoms with Gasteiger partial charge in [0.25, 0.3) is 0 Å². The molecule has 1 aliphatic heterocycles. The number of tetrazole rings is 1. The average molecular weight is 359 g/mol. The number of ether oxygens (including phenoxy) is 1. The molecule has 3 heterocycles. The van der Waals surface area contributed by atoms with E-state index in [0.717, 1.165) is 5.69 Å². The Kier molecular flexibility index (Phi) is 3.64. The van der Waals surface area contributed by atoms with Crippen LogP contribution in [0.15, 0.2) is 41.7 Å². The van der Waals surface area contributed by atoms with Crippen LogP contribution in [0.4, 0.5) is 5.82 Å². The molecule has 1 unspecified atom stereocenters. The van der Waals surface area contributed by atoms with E-state index in [-0.39, 0.29) is 11.8 Å². The highest BCUT2D eigenvalue weighted by Crippen LogP contribution is 2.34. The highest BCUT2D eigenvalue weighted by Gasteiger charge is 2.40. The van der Waals surface area contributed by atoms with Crippen LogP contribution in [0, 0.1) is 10.1 Å². The van der Waals surface area contributed by atoms with Crippen LogP contribution in [0.25, 0.3) is 5.69 Å². The van der Waals surface area contributed by atoms with Gasteiger partial charge in [-0.3, -0.25) is 4.57 Å². The van der Waals surface area contributed by atoms with Crippen LogP contribution in [0.2, 0.25) is 0 Å². The molecule has 3 aromatic rings. The molecule has 0 spiro atoms. The van der Waals surface area contributed by atoms with E-state index in [9.17, 15) is 10.1 Å². The van der Waals surface area contributed by atoms with Gasteiger partial charge in [-0.25, -0.2) is 0 Å². The lowest BCUT2D eigenvalue weighted by molar-refractivity contribution is -0.389. The molecule has 0 aliphatic carbocycles. The summed E-state index contributed by atoms with van der Waals surface area (Å²) in [6, 6.07) is 9.86. The maximum Gasteiger partial charge on any atom is 0.415 e. The number of hydrogen-bond donors (Lipinski definition) is 0. The summed E-state index contributed by atoms with van der Waals surface area (Å²) in [5, 5.41) is 23.2. The Morgan fingerprint density at radius 1 is 1.40 bits per heavy atom. The fourth-order valence-corrected chi connectivity index (χ4v) is 3.52. The minimum Gasteiger partial charge on any atom is -0.437 e. The van der Waals surface area contributed by atoms with E-state index in [1.54, 1.807) is 9.25 Å². The molecular weight excluding hydrogens is 346 g/mol. The second kappa shape index (κ2) is 5.84. The topological polar surface area (TPSA) is 114 Å². The lowest BCUT2D eigenvalue weighted by Gasteiger charge is -2.20. The van der Waals surface area contributed by atoms with E-state index >= 15 is 0 Å². The van der Waals surface area contributed by atoms with E-state index in [1.807, 2.05) is 37.3 Å². The number of nitrogens with zero attached hydrogens (tertiary/aromatic N) is 7. The smallest absolute Gasteiger partial charge is 0.415 e. The maximum absolute atomic E-state index is 10.8. The summed E-state index contributed by atoms with van der Waals surface area (Å²) >= 11 is 1.46. The van der Waals surface area contributed by atoms with Crippen LogP contribution >= 0.6 is 11.8 Å². The molecule has 2 aromatic heterocycles. The normalized spacial score (nSPS) is 18.8. The SMILES string of the molecule is CC1(CSc2nnnn2-c2ccccc2)Cn2cc([N+](=O)[O-])nc2O1. The monoisotopic (exact) mass is 359 g/mol. The van der Waals surface area contributed by atoms with Gasteiger partial charge in [0.1, 0.15) is 11.8 Å². The number of nitro groups is 1. The molecule has 0 saturated carbocycles. The molecular formula is C14H13N7O3S. The molecule has 1 aromatic carbocycles. The summed E-state index contributed by atoms with van der Waals surface area (Å²) in [6.07, 6.45) is 1.39. The summed E-state index contributed by atoms with van der Waals surface area (Å²) in [6.45, 7) is 2.40. The van der Waals surface area contributed by atoms with Crippen molar-refractivity contribution in [3.05, 3.63) is 46.6 Å². The zero-order valence-corrected chi connectivity index (χ0v) is 14.0. The molecule has 4 rings (SSSR count). The fraction of sp³-hybridized carbons (Fsp3) is 0.286. The van der Waals surface area contributed by atoms with Gasteiger partial charge in [-0.2, -0.15) is 4.68 Å². The van der Waals surface area contributed by atoms with E-state index in [4.69, 9.17) is 4.74 Å². The van der Waals surface area contributed by atoms with Crippen molar-refractivity contribution in [1.82, 2.24) is 29.8 Å². The highest BCUT2D eigenvalue weighted by atomic mass is 32.2. The number of benzene rings is 1. The third-order valence-electron chi connectivity index (χ3n) is 3.71. The standard InChI is InChI=1S/C14H13N7O3S/c1-14(8-19-7-11(21(22)23)15-12(19)24-14)9-25-13-16-17-18-20(13)10-5-3-2-4-6-10/h2-7H,8-9H2,1H3. The number of fused-ring (bicyclic) bond motifs is 1. The number of aromatic nitrogens is 6. The second-order valence-electron chi connectivity index (χ2n) is 5.82. The van der Waals surface area contributed by atoms with Crippen LogP contribution < -0.4 is 4.74 Å². The Hall–Kier alpha value is -2.95. The van der Waals surface area contributed by atoms with Gasteiger partial charge in [-0.1, -0.05) is 30.0 Å². The lowest BCUT2D eigenvalue weighted by atomic mass is 10.1. The van der Waals surface area contributed by atoms with Gasteiger partial charge in [-0.15, -0.1) is 5.10 Å². The van der Waals surface area contributed by atoms with Gasteiger partial charge >= 0.3 is 11.8 Å². The largest absolute Gasteiger partial charge is 0.437 e.